The molecule has 0 atom stereocenters. The number of anilines is 3. The number of carbonyl (C=O) groups is 2. The van der Waals surface area contributed by atoms with E-state index >= 15 is 0 Å². The number of amides is 1. The number of benzene rings is 5. The minimum atomic E-state index is -3.80. The SMILES string of the molecule is CCCCCCCCCCCCCCCCCCNc1ccc(C(=O)O)cc1NC(=O)c1cc(N=Nc2ccc(NS(=O)(=O)c3ccc(C)cc3)cc2C)c2ccccc2c1O. The molecule has 0 bridgehead atoms. The van der Waals surface area contributed by atoms with Crippen LogP contribution in [0.15, 0.2) is 106 Å². The Labute approximate surface area is 367 Å². The van der Waals surface area contributed by atoms with Crippen LogP contribution in [0.4, 0.5) is 28.4 Å². The fourth-order valence-electron chi connectivity index (χ4n) is 7.49. The molecule has 11 nitrogen and oxygen atoms in total. The second-order valence-corrected chi connectivity index (χ2v) is 17.9. The number of phenols is 1. The number of aromatic carboxylic acids is 1. The van der Waals surface area contributed by atoms with Crippen LogP contribution in [0.25, 0.3) is 10.8 Å². The van der Waals surface area contributed by atoms with Gasteiger partial charge >= 0.3 is 5.97 Å². The van der Waals surface area contributed by atoms with E-state index in [0.717, 1.165) is 24.8 Å². The van der Waals surface area contributed by atoms with E-state index in [4.69, 9.17) is 0 Å². The number of unbranched alkanes of at least 4 members (excludes halogenated alkanes) is 15. The van der Waals surface area contributed by atoms with Crippen LogP contribution >= 0.6 is 0 Å². The summed E-state index contributed by atoms with van der Waals surface area (Å²) < 4.78 is 28.5. The molecule has 0 aliphatic heterocycles. The lowest BCUT2D eigenvalue weighted by Crippen LogP contribution is -2.15. The van der Waals surface area contributed by atoms with Gasteiger partial charge in [-0.15, -0.1) is 5.11 Å². The second kappa shape index (κ2) is 24.0. The van der Waals surface area contributed by atoms with Crippen molar-refractivity contribution in [3.8, 4) is 5.75 Å². The molecule has 0 aliphatic carbocycles. The largest absolute Gasteiger partial charge is 0.506 e. The van der Waals surface area contributed by atoms with Gasteiger partial charge < -0.3 is 20.8 Å². The van der Waals surface area contributed by atoms with Gasteiger partial charge in [-0.2, -0.15) is 5.11 Å². The van der Waals surface area contributed by atoms with Crippen LogP contribution in [-0.2, 0) is 10.0 Å². The van der Waals surface area contributed by atoms with E-state index in [1.165, 1.54) is 102 Å². The maximum atomic E-state index is 13.9. The van der Waals surface area contributed by atoms with Crippen LogP contribution < -0.4 is 15.4 Å². The highest BCUT2D eigenvalue weighted by Gasteiger charge is 2.20. The average Bonchev–Trinajstić information content (AvgIpc) is 3.25. The van der Waals surface area contributed by atoms with Crippen LogP contribution in [0.5, 0.6) is 5.75 Å². The number of hydrogen-bond donors (Lipinski definition) is 5. The molecular weight excluding hydrogens is 799 g/mol. The number of fused-ring (bicyclic) bond motifs is 1. The Morgan fingerprint density at radius 1 is 0.629 bits per heavy atom. The van der Waals surface area contributed by atoms with Crippen molar-refractivity contribution in [1.29, 1.82) is 0 Å². The van der Waals surface area contributed by atoms with Crippen LogP contribution in [0.2, 0.25) is 0 Å². The maximum absolute atomic E-state index is 13.9. The van der Waals surface area contributed by atoms with Crippen molar-refractivity contribution in [3.63, 3.8) is 0 Å². The predicted molar refractivity (Wildman–Crippen MR) is 252 cm³/mol. The number of rotatable bonds is 26. The molecule has 5 aromatic rings. The highest BCUT2D eigenvalue weighted by molar-refractivity contribution is 7.92. The number of phenolic OH excluding ortho intramolecular Hbond substituents is 1. The van der Waals surface area contributed by atoms with Crippen molar-refractivity contribution < 1.29 is 28.2 Å². The summed E-state index contributed by atoms with van der Waals surface area (Å²) in [7, 11) is -3.80. The first kappa shape index (κ1) is 47.3. The molecule has 0 saturated heterocycles. The Morgan fingerprint density at radius 2 is 1.21 bits per heavy atom. The number of nitrogens with zero attached hydrogens (tertiary/aromatic N) is 2. The van der Waals surface area contributed by atoms with Gasteiger partial charge in [0, 0.05) is 23.0 Å². The molecule has 0 saturated carbocycles. The molecular formula is C50H63N5O6S. The third-order valence-electron chi connectivity index (χ3n) is 11.1. The predicted octanol–water partition coefficient (Wildman–Crippen LogP) is 14.0. The summed E-state index contributed by atoms with van der Waals surface area (Å²) >= 11 is 0. The summed E-state index contributed by atoms with van der Waals surface area (Å²) in [6.45, 7) is 6.58. The lowest BCUT2D eigenvalue weighted by atomic mass is 10.0. The quantitative estimate of drug-likeness (QED) is 0.0272. The number of hydrogen-bond acceptors (Lipinski definition) is 8. The monoisotopic (exact) mass is 861 g/mol. The van der Waals surface area contributed by atoms with Gasteiger partial charge in [0.1, 0.15) is 5.75 Å². The minimum absolute atomic E-state index is 0.00909. The Morgan fingerprint density at radius 3 is 1.81 bits per heavy atom. The first-order valence-electron chi connectivity index (χ1n) is 22.3. The summed E-state index contributed by atoms with van der Waals surface area (Å²) in [5.74, 6) is -2.04. The summed E-state index contributed by atoms with van der Waals surface area (Å²) in [4.78, 5) is 26.0. The number of carboxylic acids is 1. The third-order valence-corrected chi connectivity index (χ3v) is 12.5. The van der Waals surface area contributed by atoms with E-state index in [2.05, 4.69) is 32.5 Å². The van der Waals surface area contributed by atoms with Gasteiger partial charge in [-0.05, 0) is 80.4 Å². The van der Waals surface area contributed by atoms with Crippen LogP contribution in [0.3, 0.4) is 0 Å². The fourth-order valence-corrected chi connectivity index (χ4v) is 8.54. The third kappa shape index (κ3) is 14.2. The van der Waals surface area contributed by atoms with Gasteiger partial charge in [0.2, 0.25) is 0 Å². The molecule has 5 N–H and O–H groups in total. The molecule has 0 aromatic heterocycles. The summed E-state index contributed by atoms with van der Waals surface area (Å²) in [6, 6.07) is 24.4. The van der Waals surface area contributed by atoms with E-state index < -0.39 is 21.9 Å². The van der Waals surface area contributed by atoms with Gasteiger partial charge in [-0.1, -0.05) is 145 Å². The number of nitrogens with one attached hydrogen (secondary N) is 3. The van der Waals surface area contributed by atoms with Gasteiger partial charge in [-0.25, -0.2) is 13.2 Å². The van der Waals surface area contributed by atoms with Gasteiger partial charge in [0.15, 0.2) is 0 Å². The molecule has 5 rings (SSSR count). The molecule has 330 valence electrons. The summed E-state index contributed by atoms with van der Waals surface area (Å²) in [6.07, 6.45) is 20.5. The smallest absolute Gasteiger partial charge is 0.335 e. The molecule has 0 unspecified atom stereocenters. The van der Waals surface area contributed by atoms with Crippen LogP contribution in [0.1, 0.15) is 141 Å². The Kier molecular flexibility index (Phi) is 18.3. The van der Waals surface area contributed by atoms with Gasteiger partial charge in [0.05, 0.1) is 38.8 Å². The number of aryl methyl sites for hydroxylation is 2. The zero-order valence-electron chi connectivity index (χ0n) is 36.5. The number of sulfonamides is 1. The maximum Gasteiger partial charge on any atom is 0.335 e. The van der Waals surface area contributed by atoms with Crippen molar-refractivity contribution in [3.05, 3.63) is 113 Å². The molecule has 0 heterocycles. The minimum Gasteiger partial charge on any atom is -0.506 e. The van der Waals surface area contributed by atoms with Crippen LogP contribution in [0, 0.1) is 13.8 Å². The van der Waals surface area contributed by atoms with E-state index in [-0.39, 0.29) is 27.5 Å². The highest BCUT2D eigenvalue weighted by atomic mass is 32.2. The number of aromatic hydroxyl groups is 1. The van der Waals surface area contributed by atoms with Crippen molar-refractivity contribution in [2.24, 2.45) is 10.2 Å². The number of azo groups is 1. The van der Waals surface area contributed by atoms with E-state index in [1.54, 1.807) is 79.7 Å². The second-order valence-electron chi connectivity index (χ2n) is 16.2. The normalized spacial score (nSPS) is 11.6. The molecule has 0 radical (unpaired) electrons. The molecule has 0 aliphatic rings. The Bertz CT molecular complexity index is 2400. The molecule has 0 spiro atoms. The molecule has 5 aromatic carbocycles. The van der Waals surface area contributed by atoms with E-state index in [9.17, 15) is 28.2 Å². The van der Waals surface area contributed by atoms with Crippen molar-refractivity contribution in [2.75, 3.05) is 21.9 Å². The topological polar surface area (TPSA) is 170 Å². The summed E-state index contributed by atoms with van der Waals surface area (Å²) in [5, 5.41) is 37.2. The number of carbonyl (C=O) groups excluding carboxylic acids is 1. The van der Waals surface area contributed by atoms with E-state index in [1.807, 2.05) is 6.92 Å². The average molecular weight is 862 g/mol. The van der Waals surface area contributed by atoms with Crippen molar-refractivity contribution >= 4 is 61.1 Å². The molecule has 62 heavy (non-hydrogen) atoms. The lowest BCUT2D eigenvalue weighted by Gasteiger charge is -2.15. The zero-order valence-corrected chi connectivity index (χ0v) is 37.3. The van der Waals surface area contributed by atoms with Crippen molar-refractivity contribution in [1.82, 2.24) is 0 Å². The van der Waals surface area contributed by atoms with Crippen LogP contribution in [-0.4, -0.2) is 37.1 Å². The Balaban J connectivity index is 1.18. The number of carboxylic acid groups (broad SMARTS) is 1. The first-order chi connectivity index (χ1) is 30.0. The fraction of sp³-hybridized carbons (Fsp3) is 0.400. The standard InChI is InChI=1S/C50H63N5O6S/c1-4-5-6-7-8-9-10-11-12-13-14-15-16-17-18-21-32-51-45-30-26-38(50(58)59)34-47(45)52-49(57)43-35-46(41-22-19-20-23-42(41)48(43)56)54-53-44-31-27-39(33-37(44)3)55-62(60,61)40-28-24-36(2)25-29-40/h19-20,22-31,33-35,51,55-56H,4-18,21,32H2,1-3H3,(H,52,57)(H,58,59). The zero-order chi connectivity index (χ0) is 44.3. The summed E-state index contributed by atoms with van der Waals surface area (Å²) in [5.41, 5.74) is 3.53. The molecule has 12 heteroatoms. The molecule has 1 amide bonds. The molecule has 0 fully saturated rings. The lowest BCUT2D eigenvalue weighted by molar-refractivity contribution is 0.0696. The van der Waals surface area contributed by atoms with Gasteiger partial charge in [0.25, 0.3) is 15.9 Å². The Hall–Kier alpha value is -5.75. The van der Waals surface area contributed by atoms with E-state index in [0.29, 0.717) is 45.6 Å². The van der Waals surface area contributed by atoms with Gasteiger partial charge in [-0.3, -0.25) is 9.52 Å². The van der Waals surface area contributed by atoms with Crippen molar-refractivity contribution in [2.45, 2.75) is 128 Å². The highest BCUT2D eigenvalue weighted by Crippen LogP contribution is 2.38. The first-order valence-corrected chi connectivity index (χ1v) is 23.7.